The van der Waals surface area contributed by atoms with Gasteiger partial charge in [-0.3, -0.25) is 4.79 Å². The number of halogens is 1. The van der Waals surface area contributed by atoms with Crippen LogP contribution in [0.2, 0.25) is 5.02 Å². The van der Waals surface area contributed by atoms with Crippen molar-refractivity contribution in [1.82, 2.24) is 4.72 Å². The summed E-state index contributed by atoms with van der Waals surface area (Å²) < 4.78 is 38.4. The lowest BCUT2D eigenvalue weighted by Gasteiger charge is -2.33. The topological polar surface area (TPSA) is 102 Å². The van der Waals surface area contributed by atoms with E-state index < -0.39 is 21.5 Å². The number of ether oxygens (including phenoxy) is 2. The minimum Gasteiger partial charge on any atom is -0.480 e. The molecule has 0 saturated carbocycles. The van der Waals surface area contributed by atoms with Crippen LogP contribution in [-0.2, 0) is 19.6 Å². The second kappa shape index (κ2) is 7.85. The van der Waals surface area contributed by atoms with E-state index in [0.29, 0.717) is 29.5 Å². The van der Waals surface area contributed by atoms with E-state index in [4.69, 9.17) is 21.1 Å². The average molecular weight is 412 g/mol. The third-order valence-corrected chi connectivity index (χ3v) is 5.97. The first-order chi connectivity index (χ1) is 12.8. The number of carbonyl (C=O) groups is 1. The fraction of sp³-hybridized carbons (Fsp3) is 0.278. The van der Waals surface area contributed by atoms with Crippen molar-refractivity contribution < 1.29 is 27.8 Å². The van der Waals surface area contributed by atoms with Crippen molar-refractivity contribution in [1.29, 1.82) is 0 Å². The Morgan fingerprint density at radius 1 is 1.11 bits per heavy atom. The molecular formula is C18H18ClNO6S. The van der Waals surface area contributed by atoms with E-state index in [0.717, 1.165) is 0 Å². The van der Waals surface area contributed by atoms with Gasteiger partial charge in [-0.15, -0.1) is 0 Å². The van der Waals surface area contributed by atoms with Gasteiger partial charge >= 0.3 is 5.97 Å². The first-order valence-corrected chi connectivity index (χ1v) is 10.1. The molecule has 0 amide bonds. The number of rotatable bonds is 6. The molecule has 2 aromatic rings. The maximum absolute atomic E-state index is 12.6. The highest BCUT2D eigenvalue weighted by atomic mass is 35.5. The Hall–Kier alpha value is -2.13. The number of hydrogen-bond acceptors (Lipinski definition) is 5. The molecule has 0 aliphatic carbocycles. The summed E-state index contributed by atoms with van der Waals surface area (Å²) in [6.07, 6.45) is 0.627. The van der Waals surface area contributed by atoms with E-state index in [-0.39, 0.29) is 17.9 Å². The maximum atomic E-state index is 12.6. The summed E-state index contributed by atoms with van der Waals surface area (Å²) in [7, 11) is -4.04. The number of sulfonamides is 1. The molecule has 1 saturated heterocycles. The fourth-order valence-electron chi connectivity index (χ4n) is 2.73. The van der Waals surface area contributed by atoms with E-state index in [2.05, 4.69) is 4.72 Å². The Morgan fingerprint density at radius 3 is 2.22 bits per heavy atom. The van der Waals surface area contributed by atoms with Gasteiger partial charge in [-0.2, -0.15) is 4.72 Å². The molecule has 0 spiro atoms. The zero-order chi connectivity index (χ0) is 19.5. The van der Waals surface area contributed by atoms with Crippen LogP contribution in [-0.4, -0.2) is 38.2 Å². The minimum absolute atomic E-state index is 0.0582. The van der Waals surface area contributed by atoms with Crippen molar-refractivity contribution in [2.45, 2.75) is 23.3 Å². The van der Waals surface area contributed by atoms with Crippen LogP contribution in [0.5, 0.6) is 11.5 Å². The molecule has 9 heteroatoms. The van der Waals surface area contributed by atoms with Gasteiger partial charge in [-0.05, 0) is 61.4 Å². The second-order valence-corrected chi connectivity index (χ2v) is 8.30. The molecule has 1 aliphatic heterocycles. The number of aliphatic carboxylic acids is 1. The first-order valence-electron chi connectivity index (χ1n) is 8.19. The highest BCUT2D eigenvalue weighted by molar-refractivity contribution is 7.89. The number of benzene rings is 2. The quantitative estimate of drug-likeness (QED) is 0.757. The van der Waals surface area contributed by atoms with Crippen LogP contribution in [0.4, 0.5) is 0 Å². The van der Waals surface area contributed by atoms with E-state index >= 15 is 0 Å². The summed E-state index contributed by atoms with van der Waals surface area (Å²) in [5, 5.41) is 10.1. The number of hydrogen-bond donors (Lipinski definition) is 2. The lowest BCUT2D eigenvalue weighted by molar-refractivity contribution is -0.149. The van der Waals surface area contributed by atoms with Crippen molar-refractivity contribution >= 4 is 27.6 Å². The van der Waals surface area contributed by atoms with Gasteiger partial charge in [-0.1, -0.05) is 11.6 Å². The molecule has 1 aliphatic rings. The predicted molar refractivity (Wildman–Crippen MR) is 98.7 cm³/mol. The number of nitrogens with one attached hydrogen (secondary N) is 1. The predicted octanol–water partition coefficient (Wildman–Crippen LogP) is 3.04. The maximum Gasteiger partial charge on any atom is 0.327 e. The Bertz CT molecular complexity index is 906. The molecule has 2 N–H and O–H groups in total. The van der Waals surface area contributed by atoms with Crippen LogP contribution in [0.3, 0.4) is 0 Å². The molecule has 1 heterocycles. The molecule has 0 aromatic heterocycles. The molecule has 144 valence electrons. The molecule has 27 heavy (non-hydrogen) atoms. The van der Waals surface area contributed by atoms with E-state index in [9.17, 15) is 18.3 Å². The van der Waals surface area contributed by atoms with Crippen molar-refractivity contribution in [2.24, 2.45) is 0 Å². The van der Waals surface area contributed by atoms with E-state index in [1.807, 2.05) is 0 Å². The second-order valence-electron chi connectivity index (χ2n) is 6.18. The monoisotopic (exact) mass is 411 g/mol. The van der Waals surface area contributed by atoms with Gasteiger partial charge in [0.25, 0.3) is 0 Å². The van der Waals surface area contributed by atoms with Gasteiger partial charge in [-0.25, -0.2) is 8.42 Å². The minimum atomic E-state index is -4.04. The van der Waals surface area contributed by atoms with Crippen LogP contribution in [0.1, 0.15) is 12.8 Å². The van der Waals surface area contributed by atoms with Crippen molar-refractivity contribution in [3.05, 3.63) is 53.6 Å². The summed E-state index contributed by atoms with van der Waals surface area (Å²) in [5.74, 6) is -0.268. The molecule has 3 rings (SSSR count). The molecule has 1 fully saturated rings. The normalized spacial score (nSPS) is 20.2. The number of carboxylic acids is 1. The van der Waals surface area contributed by atoms with E-state index in [1.165, 1.54) is 24.3 Å². The molecule has 1 unspecified atom stereocenters. The third-order valence-electron chi connectivity index (χ3n) is 4.16. The molecule has 2 aromatic carbocycles. The van der Waals surface area contributed by atoms with Crippen LogP contribution >= 0.6 is 11.6 Å². The summed E-state index contributed by atoms with van der Waals surface area (Å²) in [4.78, 5) is 11.6. The lowest BCUT2D eigenvalue weighted by atomic mass is 9.94. The van der Waals surface area contributed by atoms with Crippen molar-refractivity contribution in [3.8, 4) is 11.5 Å². The standard InChI is InChI=1S/C18H18ClNO6S/c19-13-2-4-14(5-3-13)26-15-6-8-16(9-7-15)27(23,24)20-18(17(21)22)10-1-11-25-12-18/h2-9,20H,1,10-12H2,(H,21,22). The Kier molecular flexibility index (Phi) is 5.71. The van der Waals surface area contributed by atoms with Gasteiger partial charge in [0.15, 0.2) is 5.54 Å². The van der Waals surface area contributed by atoms with Crippen LogP contribution < -0.4 is 9.46 Å². The Morgan fingerprint density at radius 2 is 1.70 bits per heavy atom. The van der Waals surface area contributed by atoms with Gasteiger partial charge in [0.2, 0.25) is 10.0 Å². The highest BCUT2D eigenvalue weighted by Gasteiger charge is 2.44. The summed E-state index contributed by atoms with van der Waals surface area (Å²) in [6, 6.07) is 12.4. The SMILES string of the molecule is O=C(O)C1(NS(=O)(=O)c2ccc(Oc3ccc(Cl)cc3)cc2)CCCOC1. The summed E-state index contributed by atoms with van der Waals surface area (Å²) in [5.41, 5.74) is -1.66. The number of carboxylic acid groups (broad SMARTS) is 1. The smallest absolute Gasteiger partial charge is 0.327 e. The first kappa shape index (κ1) is 19.6. The van der Waals surface area contributed by atoms with E-state index in [1.54, 1.807) is 24.3 Å². The molecule has 0 radical (unpaired) electrons. The van der Waals surface area contributed by atoms with Gasteiger partial charge < -0.3 is 14.6 Å². The van der Waals surface area contributed by atoms with Crippen molar-refractivity contribution in [3.63, 3.8) is 0 Å². The van der Waals surface area contributed by atoms with Gasteiger partial charge in [0.05, 0.1) is 11.5 Å². The Labute approximate surface area is 161 Å². The molecule has 7 nitrogen and oxygen atoms in total. The highest BCUT2D eigenvalue weighted by Crippen LogP contribution is 2.26. The lowest BCUT2D eigenvalue weighted by Crippen LogP contribution is -2.59. The van der Waals surface area contributed by atoms with Gasteiger partial charge in [0, 0.05) is 11.6 Å². The molecule has 0 bridgehead atoms. The largest absolute Gasteiger partial charge is 0.480 e. The zero-order valence-corrected chi connectivity index (χ0v) is 15.8. The third kappa shape index (κ3) is 4.59. The van der Waals surface area contributed by atoms with Crippen LogP contribution in [0.15, 0.2) is 53.4 Å². The summed E-state index contributed by atoms with van der Waals surface area (Å²) in [6.45, 7) is 0.201. The van der Waals surface area contributed by atoms with Crippen LogP contribution in [0, 0.1) is 0 Å². The fourth-order valence-corrected chi connectivity index (χ4v) is 4.23. The molecular weight excluding hydrogens is 394 g/mol. The average Bonchev–Trinajstić information content (AvgIpc) is 2.64. The zero-order valence-electron chi connectivity index (χ0n) is 14.2. The molecule has 1 atom stereocenters. The van der Waals surface area contributed by atoms with Gasteiger partial charge in [0.1, 0.15) is 11.5 Å². The van der Waals surface area contributed by atoms with Crippen LogP contribution in [0.25, 0.3) is 0 Å². The summed E-state index contributed by atoms with van der Waals surface area (Å²) >= 11 is 5.82. The van der Waals surface area contributed by atoms with Crippen molar-refractivity contribution in [2.75, 3.05) is 13.2 Å². The Balaban J connectivity index is 1.76.